The second-order valence-electron chi connectivity index (χ2n) is 3.45. The van der Waals surface area contributed by atoms with Gasteiger partial charge < -0.3 is 15.0 Å². The molecule has 0 unspecified atom stereocenters. The van der Waals surface area contributed by atoms with Gasteiger partial charge in [0.15, 0.2) is 0 Å². The lowest BCUT2D eigenvalue weighted by Gasteiger charge is -2.20. The van der Waals surface area contributed by atoms with Crippen LogP contribution in [0.25, 0.3) is 0 Å². The first-order chi connectivity index (χ1) is 8.12. The number of nitrogens with one attached hydrogen (secondary N) is 1. The van der Waals surface area contributed by atoms with E-state index >= 15 is 0 Å². The van der Waals surface area contributed by atoms with E-state index in [2.05, 4.69) is 21.2 Å². The van der Waals surface area contributed by atoms with Gasteiger partial charge in [0.05, 0.1) is 12.8 Å². The van der Waals surface area contributed by atoms with Gasteiger partial charge >= 0.3 is 6.03 Å². The van der Waals surface area contributed by atoms with Crippen LogP contribution >= 0.6 is 15.9 Å². The Morgan fingerprint density at radius 2 is 2.06 bits per heavy atom. The van der Waals surface area contributed by atoms with Crippen LogP contribution in [-0.2, 0) is 0 Å². The number of hydrogen-bond acceptors (Lipinski definition) is 2. The zero-order valence-corrected chi connectivity index (χ0v) is 11.9. The standard InChI is InChI=1S/C12H17BrN2O2/c1-4-15(5-2)12(16)14-10-8-9(13)6-7-11(10)17-3/h6-8H,4-5H2,1-3H3,(H,14,16). The van der Waals surface area contributed by atoms with Gasteiger partial charge in [0.25, 0.3) is 0 Å². The molecule has 0 aliphatic rings. The zero-order chi connectivity index (χ0) is 12.8. The Hall–Kier alpha value is -1.23. The molecule has 1 aromatic rings. The molecule has 4 nitrogen and oxygen atoms in total. The highest BCUT2D eigenvalue weighted by molar-refractivity contribution is 9.10. The monoisotopic (exact) mass is 300 g/mol. The maximum atomic E-state index is 11.9. The average molecular weight is 301 g/mol. The molecule has 0 aliphatic carbocycles. The third-order valence-electron chi connectivity index (χ3n) is 2.45. The Balaban J connectivity index is 2.86. The largest absolute Gasteiger partial charge is 0.495 e. The first-order valence-electron chi connectivity index (χ1n) is 5.51. The topological polar surface area (TPSA) is 41.6 Å². The molecule has 0 spiro atoms. The van der Waals surface area contributed by atoms with E-state index in [1.54, 1.807) is 12.0 Å². The summed E-state index contributed by atoms with van der Waals surface area (Å²) in [5.74, 6) is 0.647. The highest BCUT2D eigenvalue weighted by atomic mass is 79.9. The van der Waals surface area contributed by atoms with Crippen molar-refractivity contribution in [2.45, 2.75) is 13.8 Å². The molecule has 0 saturated carbocycles. The Morgan fingerprint density at radius 3 is 2.59 bits per heavy atom. The fourth-order valence-electron chi connectivity index (χ4n) is 1.48. The minimum atomic E-state index is -0.119. The van der Waals surface area contributed by atoms with Crippen molar-refractivity contribution >= 4 is 27.6 Å². The lowest BCUT2D eigenvalue weighted by molar-refractivity contribution is 0.217. The van der Waals surface area contributed by atoms with Crippen molar-refractivity contribution in [3.63, 3.8) is 0 Å². The molecule has 17 heavy (non-hydrogen) atoms. The molecule has 0 saturated heterocycles. The van der Waals surface area contributed by atoms with E-state index < -0.39 is 0 Å². The Bertz CT molecular complexity index is 392. The van der Waals surface area contributed by atoms with Crippen LogP contribution in [0.1, 0.15) is 13.8 Å². The van der Waals surface area contributed by atoms with Gasteiger partial charge in [-0.25, -0.2) is 4.79 Å². The quantitative estimate of drug-likeness (QED) is 0.927. The minimum Gasteiger partial charge on any atom is -0.495 e. The number of amides is 2. The van der Waals surface area contributed by atoms with E-state index in [0.29, 0.717) is 24.5 Å². The Labute approximate surface area is 110 Å². The predicted molar refractivity (Wildman–Crippen MR) is 72.6 cm³/mol. The molecule has 1 aromatic carbocycles. The van der Waals surface area contributed by atoms with Gasteiger partial charge in [-0.05, 0) is 32.0 Å². The number of nitrogens with zero attached hydrogens (tertiary/aromatic N) is 1. The van der Waals surface area contributed by atoms with Crippen LogP contribution in [0.15, 0.2) is 22.7 Å². The summed E-state index contributed by atoms with van der Waals surface area (Å²) in [5.41, 5.74) is 0.666. The lowest BCUT2D eigenvalue weighted by atomic mass is 10.3. The molecule has 2 amide bonds. The van der Waals surface area contributed by atoms with Crippen LogP contribution in [0.2, 0.25) is 0 Å². The van der Waals surface area contributed by atoms with Gasteiger partial charge in [0.1, 0.15) is 5.75 Å². The van der Waals surface area contributed by atoms with E-state index in [1.165, 1.54) is 0 Å². The van der Waals surface area contributed by atoms with Crippen LogP contribution in [0.5, 0.6) is 5.75 Å². The van der Waals surface area contributed by atoms with Crippen molar-refractivity contribution in [3.05, 3.63) is 22.7 Å². The smallest absolute Gasteiger partial charge is 0.321 e. The number of anilines is 1. The van der Waals surface area contributed by atoms with Gasteiger partial charge in [-0.1, -0.05) is 15.9 Å². The zero-order valence-electron chi connectivity index (χ0n) is 10.3. The summed E-state index contributed by atoms with van der Waals surface area (Å²) in [6.45, 7) is 5.25. The third-order valence-corrected chi connectivity index (χ3v) is 2.95. The first-order valence-corrected chi connectivity index (χ1v) is 6.31. The summed E-state index contributed by atoms with van der Waals surface area (Å²) < 4.78 is 6.09. The molecule has 0 fully saturated rings. The van der Waals surface area contributed by atoms with Crippen molar-refractivity contribution in [3.8, 4) is 5.75 Å². The molecule has 0 heterocycles. The second kappa shape index (κ2) is 6.49. The number of halogens is 1. The van der Waals surface area contributed by atoms with E-state index in [1.807, 2.05) is 32.0 Å². The molecule has 0 radical (unpaired) electrons. The van der Waals surface area contributed by atoms with Crippen LogP contribution < -0.4 is 10.1 Å². The van der Waals surface area contributed by atoms with Crippen LogP contribution in [0.4, 0.5) is 10.5 Å². The highest BCUT2D eigenvalue weighted by Crippen LogP contribution is 2.28. The average Bonchev–Trinajstić information content (AvgIpc) is 2.31. The Morgan fingerprint density at radius 1 is 1.41 bits per heavy atom. The first kappa shape index (κ1) is 13.8. The van der Waals surface area contributed by atoms with Crippen LogP contribution in [0.3, 0.4) is 0 Å². The molecule has 94 valence electrons. The van der Waals surface area contributed by atoms with E-state index in [0.717, 1.165) is 4.47 Å². The summed E-state index contributed by atoms with van der Waals surface area (Å²) in [4.78, 5) is 13.6. The number of ether oxygens (including phenoxy) is 1. The number of urea groups is 1. The van der Waals surface area contributed by atoms with Gasteiger partial charge in [-0.15, -0.1) is 0 Å². The molecular weight excluding hydrogens is 284 g/mol. The number of rotatable bonds is 4. The SMILES string of the molecule is CCN(CC)C(=O)Nc1cc(Br)ccc1OC. The van der Waals surface area contributed by atoms with E-state index in [9.17, 15) is 4.79 Å². The molecule has 0 atom stereocenters. The molecule has 1 N–H and O–H groups in total. The molecular formula is C12H17BrN2O2. The predicted octanol–water partition coefficient (Wildman–Crippen LogP) is 3.33. The van der Waals surface area contributed by atoms with Gasteiger partial charge in [0.2, 0.25) is 0 Å². The van der Waals surface area contributed by atoms with Gasteiger partial charge in [-0.3, -0.25) is 0 Å². The van der Waals surface area contributed by atoms with Gasteiger partial charge in [0, 0.05) is 17.6 Å². The molecule has 5 heteroatoms. The normalized spacial score (nSPS) is 9.88. The molecule has 1 rings (SSSR count). The molecule has 0 aliphatic heterocycles. The number of methoxy groups -OCH3 is 1. The fourth-order valence-corrected chi connectivity index (χ4v) is 1.84. The van der Waals surface area contributed by atoms with Crippen molar-refractivity contribution in [2.24, 2.45) is 0 Å². The summed E-state index contributed by atoms with van der Waals surface area (Å²) in [5, 5.41) is 2.84. The third kappa shape index (κ3) is 3.63. The minimum absolute atomic E-state index is 0.119. The van der Waals surface area contributed by atoms with Crippen molar-refractivity contribution < 1.29 is 9.53 Å². The van der Waals surface area contributed by atoms with Crippen molar-refractivity contribution in [2.75, 3.05) is 25.5 Å². The Kier molecular flexibility index (Phi) is 5.28. The fraction of sp³-hybridized carbons (Fsp3) is 0.417. The maximum Gasteiger partial charge on any atom is 0.321 e. The number of carbonyl (C=O) groups is 1. The second-order valence-corrected chi connectivity index (χ2v) is 4.36. The lowest BCUT2D eigenvalue weighted by Crippen LogP contribution is -2.34. The number of benzene rings is 1. The van der Waals surface area contributed by atoms with Crippen molar-refractivity contribution in [1.29, 1.82) is 0 Å². The van der Waals surface area contributed by atoms with E-state index in [-0.39, 0.29) is 6.03 Å². The summed E-state index contributed by atoms with van der Waals surface area (Å²) in [6, 6.07) is 5.38. The summed E-state index contributed by atoms with van der Waals surface area (Å²) >= 11 is 3.37. The van der Waals surface area contributed by atoms with Crippen LogP contribution in [0, 0.1) is 0 Å². The van der Waals surface area contributed by atoms with Crippen molar-refractivity contribution in [1.82, 2.24) is 4.90 Å². The maximum absolute atomic E-state index is 11.9. The summed E-state index contributed by atoms with van der Waals surface area (Å²) in [6.07, 6.45) is 0. The van der Waals surface area contributed by atoms with Crippen LogP contribution in [-0.4, -0.2) is 31.1 Å². The summed E-state index contributed by atoms with van der Waals surface area (Å²) in [7, 11) is 1.58. The number of carbonyl (C=O) groups excluding carboxylic acids is 1. The molecule has 0 aromatic heterocycles. The number of hydrogen-bond donors (Lipinski definition) is 1. The van der Waals surface area contributed by atoms with E-state index in [4.69, 9.17) is 4.74 Å². The van der Waals surface area contributed by atoms with Gasteiger partial charge in [-0.2, -0.15) is 0 Å². The molecule has 0 bridgehead atoms. The highest BCUT2D eigenvalue weighted by Gasteiger charge is 2.12.